The van der Waals surface area contributed by atoms with Gasteiger partial charge in [-0.05, 0) is 11.4 Å². The van der Waals surface area contributed by atoms with E-state index in [-0.39, 0.29) is 0 Å². The molecule has 0 saturated heterocycles. The highest BCUT2D eigenvalue weighted by Gasteiger charge is 2.17. The molecule has 6 heteroatoms. The number of nitrogens with two attached hydrogens (primary N) is 1. The summed E-state index contributed by atoms with van der Waals surface area (Å²) in [6.07, 6.45) is 1.57. The van der Waals surface area contributed by atoms with Crippen LogP contribution in [0.5, 0.6) is 0 Å². The van der Waals surface area contributed by atoms with E-state index < -0.39 is 0 Å². The number of hydrogen-bond acceptors (Lipinski definition) is 6. The highest BCUT2D eigenvalue weighted by atomic mass is 32.1. The lowest BCUT2D eigenvalue weighted by Gasteiger charge is -2.18. The number of fused-ring (bicyclic) bond motifs is 1. The second kappa shape index (κ2) is 5.01. The average Bonchev–Trinajstić information content (AvgIpc) is 2.90. The number of hydrazine groups is 1. The maximum atomic E-state index is 5.52. The maximum absolute atomic E-state index is 5.52. The molecule has 0 atom stereocenters. The van der Waals surface area contributed by atoms with Gasteiger partial charge < -0.3 is 10.2 Å². The standard InChI is InChI=1S/C12H14N4OS/c13-16-12-9-7-17-4-3-10(9)14-11(15-12)6-8-2-1-5-18-8/h1-2,5H,3-4,6-7,13H2,(H,14,15,16). The topological polar surface area (TPSA) is 73.1 Å². The first kappa shape index (κ1) is 11.6. The van der Waals surface area contributed by atoms with E-state index in [1.807, 2.05) is 6.07 Å². The largest absolute Gasteiger partial charge is 0.376 e. The van der Waals surface area contributed by atoms with Gasteiger partial charge in [0, 0.05) is 23.3 Å². The lowest BCUT2D eigenvalue weighted by atomic mass is 10.1. The second-order valence-corrected chi connectivity index (χ2v) is 5.15. The molecule has 18 heavy (non-hydrogen) atoms. The number of rotatable bonds is 3. The van der Waals surface area contributed by atoms with Crippen molar-refractivity contribution < 1.29 is 4.74 Å². The van der Waals surface area contributed by atoms with Crippen LogP contribution in [0.15, 0.2) is 17.5 Å². The van der Waals surface area contributed by atoms with Crippen molar-refractivity contribution in [3.8, 4) is 0 Å². The zero-order valence-corrected chi connectivity index (χ0v) is 10.7. The minimum absolute atomic E-state index is 0.536. The number of aromatic nitrogens is 2. The fourth-order valence-corrected chi connectivity index (χ4v) is 2.75. The van der Waals surface area contributed by atoms with E-state index in [4.69, 9.17) is 10.6 Å². The number of anilines is 1. The van der Waals surface area contributed by atoms with Gasteiger partial charge in [0.2, 0.25) is 0 Å². The Morgan fingerprint density at radius 2 is 2.39 bits per heavy atom. The quantitative estimate of drug-likeness (QED) is 0.647. The molecule has 1 aliphatic rings. The summed E-state index contributed by atoms with van der Waals surface area (Å²) in [5.74, 6) is 7.02. The van der Waals surface area contributed by atoms with E-state index >= 15 is 0 Å². The smallest absolute Gasteiger partial charge is 0.149 e. The van der Waals surface area contributed by atoms with Crippen LogP contribution in [-0.2, 0) is 24.2 Å². The summed E-state index contributed by atoms with van der Waals surface area (Å²) in [5, 5.41) is 2.06. The van der Waals surface area contributed by atoms with Crippen molar-refractivity contribution in [1.29, 1.82) is 0 Å². The SMILES string of the molecule is NNc1nc(Cc2cccs2)nc2c1COCC2. The van der Waals surface area contributed by atoms with E-state index in [0.717, 1.165) is 29.9 Å². The second-order valence-electron chi connectivity index (χ2n) is 4.12. The number of nitrogens with zero attached hydrogens (tertiary/aromatic N) is 2. The fourth-order valence-electron chi connectivity index (χ4n) is 2.05. The van der Waals surface area contributed by atoms with Crippen LogP contribution in [0, 0.1) is 0 Å². The number of nitrogens with one attached hydrogen (secondary N) is 1. The molecular weight excluding hydrogens is 248 g/mol. The molecule has 94 valence electrons. The van der Waals surface area contributed by atoms with Crippen molar-refractivity contribution in [1.82, 2.24) is 9.97 Å². The molecule has 0 aromatic carbocycles. The molecule has 0 amide bonds. The fraction of sp³-hybridized carbons (Fsp3) is 0.333. The van der Waals surface area contributed by atoms with E-state index in [2.05, 4.69) is 26.8 Å². The Bertz CT molecular complexity index is 524. The molecule has 3 rings (SSSR count). The normalized spacial score (nSPS) is 14.3. The average molecular weight is 262 g/mol. The Morgan fingerprint density at radius 1 is 1.44 bits per heavy atom. The van der Waals surface area contributed by atoms with Crippen molar-refractivity contribution in [2.24, 2.45) is 5.84 Å². The lowest BCUT2D eigenvalue weighted by Crippen LogP contribution is -2.20. The van der Waals surface area contributed by atoms with Crippen LogP contribution in [0.3, 0.4) is 0 Å². The molecule has 3 heterocycles. The molecule has 0 bridgehead atoms. The molecule has 5 nitrogen and oxygen atoms in total. The van der Waals surface area contributed by atoms with Crippen LogP contribution in [0.1, 0.15) is 22.0 Å². The lowest BCUT2D eigenvalue weighted by molar-refractivity contribution is 0.109. The molecule has 0 radical (unpaired) electrons. The Balaban J connectivity index is 1.95. The molecule has 0 unspecified atom stereocenters. The van der Waals surface area contributed by atoms with Gasteiger partial charge in [-0.3, -0.25) is 0 Å². The van der Waals surface area contributed by atoms with Crippen molar-refractivity contribution >= 4 is 17.2 Å². The number of nitrogen functional groups attached to an aromatic ring is 1. The Labute approximate surface area is 109 Å². The first-order chi connectivity index (χ1) is 8.86. The molecule has 0 aliphatic carbocycles. The first-order valence-corrected chi connectivity index (χ1v) is 6.70. The van der Waals surface area contributed by atoms with Gasteiger partial charge in [0.05, 0.1) is 18.9 Å². The summed E-state index contributed by atoms with van der Waals surface area (Å²) in [7, 11) is 0. The maximum Gasteiger partial charge on any atom is 0.149 e. The third-order valence-electron chi connectivity index (χ3n) is 2.92. The summed E-state index contributed by atoms with van der Waals surface area (Å²) in [4.78, 5) is 10.3. The van der Waals surface area contributed by atoms with Gasteiger partial charge in [0.25, 0.3) is 0 Å². The minimum atomic E-state index is 0.536. The monoisotopic (exact) mass is 262 g/mol. The molecule has 0 saturated carbocycles. The molecule has 2 aromatic heterocycles. The number of thiophene rings is 1. The van der Waals surface area contributed by atoms with Crippen molar-refractivity contribution in [3.63, 3.8) is 0 Å². The van der Waals surface area contributed by atoms with Gasteiger partial charge >= 0.3 is 0 Å². The van der Waals surface area contributed by atoms with E-state index in [9.17, 15) is 0 Å². The van der Waals surface area contributed by atoms with Gasteiger partial charge in [-0.2, -0.15) is 0 Å². The Hall–Kier alpha value is -1.50. The van der Waals surface area contributed by atoms with Crippen LogP contribution < -0.4 is 11.3 Å². The van der Waals surface area contributed by atoms with Gasteiger partial charge in [-0.1, -0.05) is 6.07 Å². The summed E-state index contributed by atoms with van der Waals surface area (Å²) >= 11 is 1.71. The highest BCUT2D eigenvalue weighted by molar-refractivity contribution is 7.09. The van der Waals surface area contributed by atoms with Gasteiger partial charge in [-0.15, -0.1) is 11.3 Å². The molecule has 0 spiro atoms. The summed E-state index contributed by atoms with van der Waals surface area (Å²) in [6.45, 7) is 1.25. The van der Waals surface area contributed by atoms with Crippen LogP contribution in [0.4, 0.5) is 5.82 Å². The molecule has 3 N–H and O–H groups in total. The van der Waals surface area contributed by atoms with E-state index in [1.54, 1.807) is 11.3 Å². The molecular formula is C12H14N4OS. The van der Waals surface area contributed by atoms with Crippen LogP contribution >= 0.6 is 11.3 Å². The summed E-state index contributed by atoms with van der Waals surface area (Å²) < 4.78 is 5.41. The Morgan fingerprint density at radius 3 is 3.17 bits per heavy atom. The third kappa shape index (κ3) is 2.22. The van der Waals surface area contributed by atoms with Gasteiger partial charge in [-0.25, -0.2) is 15.8 Å². The minimum Gasteiger partial charge on any atom is -0.376 e. The highest BCUT2D eigenvalue weighted by Crippen LogP contribution is 2.23. The third-order valence-corrected chi connectivity index (χ3v) is 3.79. The van der Waals surface area contributed by atoms with E-state index in [1.165, 1.54) is 4.88 Å². The zero-order valence-electron chi connectivity index (χ0n) is 9.85. The van der Waals surface area contributed by atoms with Crippen LogP contribution in [0.25, 0.3) is 0 Å². The number of ether oxygens (including phenoxy) is 1. The molecule has 0 fully saturated rings. The van der Waals surface area contributed by atoms with Gasteiger partial charge in [0.1, 0.15) is 11.6 Å². The van der Waals surface area contributed by atoms with Crippen molar-refractivity contribution in [3.05, 3.63) is 39.5 Å². The van der Waals surface area contributed by atoms with Crippen LogP contribution in [0.2, 0.25) is 0 Å². The van der Waals surface area contributed by atoms with E-state index in [0.29, 0.717) is 19.0 Å². The summed E-state index contributed by atoms with van der Waals surface area (Å²) in [5.41, 5.74) is 4.68. The molecule has 2 aromatic rings. The van der Waals surface area contributed by atoms with Crippen LogP contribution in [-0.4, -0.2) is 16.6 Å². The summed E-state index contributed by atoms with van der Waals surface area (Å²) in [6, 6.07) is 4.13. The molecule has 1 aliphatic heterocycles. The zero-order chi connectivity index (χ0) is 12.4. The first-order valence-electron chi connectivity index (χ1n) is 5.82. The van der Waals surface area contributed by atoms with Crippen molar-refractivity contribution in [2.45, 2.75) is 19.4 Å². The van der Waals surface area contributed by atoms with Crippen molar-refractivity contribution in [2.75, 3.05) is 12.0 Å². The predicted molar refractivity (Wildman–Crippen MR) is 70.3 cm³/mol. The van der Waals surface area contributed by atoms with Gasteiger partial charge in [0.15, 0.2) is 0 Å². The predicted octanol–water partition coefficient (Wildman–Crippen LogP) is 1.49. The number of hydrogen-bond donors (Lipinski definition) is 2. The Kier molecular flexibility index (Phi) is 3.22.